The van der Waals surface area contributed by atoms with E-state index in [1.54, 1.807) is 6.20 Å². The Morgan fingerprint density at radius 2 is 2.36 bits per heavy atom. The lowest BCUT2D eigenvalue weighted by Gasteiger charge is -2.18. The van der Waals surface area contributed by atoms with Crippen molar-refractivity contribution in [3.63, 3.8) is 0 Å². The van der Waals surface area contributed by atoms with Crippen LogP contribution in [0, 0.1) is 18.3 Å². The fraction of sp³-hybridized carbons (Fsp3) is 0.467. The van der Waals surface area contributed by atoms with Gasteiger partial charge in [0, 0.05) is 12.6 Å². The average Bonchev–Trinajstić information content (AvgIpc) is 3.17. The summed E-state index contributed by atoms with van der Waals surface area (Å²) in [6.07, 6.45) is 2.40. The molecule has 2 aromatic heterocycles. The van der Waals surface area contributed by atoms with E-state index in [0.717, 1.165) is 29.5 Å². The number of H-pyrrole nitrogens is 1. The maximum Gasteiger partial charge on any atom is 0.158 e. The number of hydrogen-bond acceptors (Lipinski definition) is 6. The molecule has 1 saturated heterocycles. The molecule has 2 atom stereocenters. The summed E-state index contributed by atoms with van der Waals surface area (Å²) in [6.45, 7) is 5.15. The number of hydrogen-bond donors (Lipinski definition) is 2. The molecule has 0 unspecified atom stereocenters. The molecule has 7 nitrogen and oxygen atoms in total. The molecule has 7 heteroatoms. The van der Waals surface area contributed by atoms with E-state index in [0.29, 0.717) is 18.8 Å². The lowest BCUT2D eigenvalue weighted by Crippen LogP contribution is -2.28. The predicted octanol–water partition coefficient (Wildman–Crippen LogP) is 1.54. The SMILES string of the molecule is CCc1nc([C@@H]2COC[C@@H]2Nc2ncc(C#N)cc2C)n[nH]1. The first-order valence-electron chi connectivity index (χ1n) is 7.33. The van der Waals surface area contributed by atoms with Crippen molar-refractivity contribution in [2.45, 2.75) is 32.2 Å². The topological polar surface area (TPSA) is 99.5 Å². The van der Waals surface area contributed by atoms with Gasteiger partial charge in [-0.2, -0.15) is 10.4 Å². The van der Waals surface area contributed by atoms with Crippen LogP contribution in [0.4, 0.5) is 5.82 Å². The second kappa shape index (κ2) is 6.12. The van der Waals surface area contributed by atoms with Gasteiger partial charge in [0.05, 0.1) is 30.7 Å². The Bertz CT molecular complexity index is 704. The minimum absolute atomic E-state index is 0.0691. The molecule has 114 valence electrons. The van der Waals surface area contributed by atoms with Crippen molar-refractivity contribution in [2.75, 3.05) is 18.5 Å². The maximum absolute atomic E-state index is 8.90. The molecule has 0 bridgehead atoms. The van der Waals surface area contributed by atoms with Crippen molar-refractivity contribution >= 4 is 5.82 Å². The standard InChI is InChI=1S/C15H18N6O/c1-3-13-19-15(21-20-13)11-7-22-8-12(11)18-14-9(2)4-10(5-16)6-17-14/h4,6,11-12H,3,7-8H2,1-2H3,(H,17,18)(H,19,20,21)/t11-,12+/m1/s1. The van der Waals surface area contributed by atoms with Crippen LogP contribution in [0.25, 0.3) is 0 Å². The number of pyridine rings is 1. The third kappa shape index (κ3) is 2.78. The Kier molecular flexibility index (Phi) is 4.02. The van der Waals surface area contributed by atoms with Crippen molar-refractivity contribution in [3.8, 4) is 6.07 Å². The van der Waals surface area contributed by atoms with Crippen molar-refractivity contribution in [3.05, 3.63) is 35.0 Å². The Morgan fingerprint density at radius 3 is 3.05 bits per heavy atom. The van der Waals surface area contributed by atoms with Gasteiger partial charge in [-0.25, -0.2) is 9.97 Å². The predicted molar refractivity (Wildman–Crippen MR) is 80.4 cm³/mol. The summed E-state index contributed by atoms with van der Waals surface area (Å²) in [5, 5.41) is 19.5. The van der Waals surface area contributed by atoms with Crippen LogP contribution in [0.1, 0.15) is 35.6 Å². The highest BCUT2D eigenvalue weighted by Gasteiger charge is 2.33. The van der Waals surface area contributed by atoms with Gasteiger partial charge in [-0.3, -0.25) is 5.10 Å². The normalized spacial score (nSPS) is 20.8. The van der Waals surface area contributed by atoms with Crippen LogP contribution in [-0.2, 0) is 11.2 Å². The van der Waals surface area contributed by atoms with E-state index < -0.39 is 0 Å². The zero-order valence-corrected chi connectivity index (χ0v) is 12.6. The molecule has 3 rings (SSSR count). The molecular formula is C15H18N6O. The summed E-state index contributed by atoms with van der Waals surface area (Å²) in [5.41, 5.74) is 1.50. The molecule has 0 radical (unpaired) electrons. The number of nitrogens with zero attached hydrogens (tertiary/aromatic N) is 4. The largest absolute Gasteiger partial charge is 0.378 e. The molecule has 0 aromatic carbocycles. The van der Waals surface area contributed by atoms with Crippen LogP contribution in [0.3, 0.4) is 0 Å². The molecule has 3 heterocycles. The molecule has 2 N–H and O–H groups in total. The number of rotatable bonds is 4. The minimum Gasteiger partial charge on any atom is -0.378 e. The Balaban J connectivity index is 1.78. The highest BCUT2D eigenvalue weighted by molar-refractivity contribution is 5.48. The summed E-state index contributed by atoms with van der Waals surface area (Å²) in [5.74, 6) is 2.52. The van der Waals surface area contributed by atoms with Crippen molar-refractivity contribution in [2.24, 2.45) is 0 Å². The van der Waals surface area contributed by atoms with Crippen LogP contribution in [0.15, 0.2) is 12.3 Å². The van der Waals surface area contributed by atoms with E-state index in [1.165, 1.54) is 0 Å². The first kappa shape index (κ1) is 14.5. The third-order valence-corrected chi connectivity index (χ3v) is 3.83. The zero-order valence-electron chi connectivity index (χ0n) is 12.6. The van der Waals surface area contributed by atoms with Gasteiger partial charge in [0.25, 0.3) is 0 Å². The lowest BCUT2D eigenvalue weighted by molar-refractivity contribution is 0.191. The molecule has 22 heavy (non-hydrogen) atoms. The van der Waals surface area contributed by atoms with E-state index in [4.69, 9.17) is 10.00 Å². The Morgan fingerprint density at radius 1 is 1.50 bits per heavy atom. The number of ether oxygens (including phenoxy) is 1. The maximum atomic E-state index is 8.90. The second-order valence-corrected chi connectivity index (χ2v) is 5.39. The van der Waals surface area contributed by atoms with E-state index in [2.05, 4.69) is 31.6 Å². The number of nitrogens with one attached hydrogen (secondary N) is 2. The summed E-state index contributed by atoms with van der Waals surface area (Å²) in [6, 6.07) is 3.98. The van der Waals surface area contributed by atoms with E-state index in [-0.39, 0.29) is 12.0 Å². The summed E-state index contributed by atoms with van der Waals surface area (Å²) >= 11 is 0. The van der Waals surface area contributed by atoms with Crippen LogP contribution in [0.5, 0.6) is 0 Å². The van der Waals surface area contributed by atoms with Gasteiger partial charge in [0.2, 0.25) is 0 Å². The second-order valence-electron chi connectivity index (χ2n) is 5.39. The third-order valence-electron chi connectivity index (χ3n) is 3.83. The molecular weight excluding hydrogens is 280 g/mol. The highest BCUT2D eigenvalue weighted by Crippen LogP contribution is 2.26. The van der Waals surface area contributed by atoms with E-state index >= 15 is 0 Å². The molecule has 2 aromatic rings. The monoisotopic (exact) mass is 298 g/mol. The fourth-order valence-electron chi connectivity index (χ4n) is 2.55. The Hall–Kier alpha value is -2.46. The lowest BCUT2D eigenvalue weighted by atomic mass is 10.0. The first-order chi connectivity index (χ1) is 10.7. The van der Waals surface area contributed by atoms with Crippen molar-refractivity contribution in [1.82, 2.24) is 20.2 Å². The van der Waals surface area contributed by atoms with Gasteiger partial charge >= 0.3 is 0 Å². The number of nitriles is 1. The summed E-state index contributed by atoms with van der Waals surface area (Å²) in [7, 11) is 0. The van der Waals surface area contributed by atoms with E-state index in [9.17, 15) is 0 Å². The van der Waals surface area contributed by atoms with E-state index in [1.807, 2.05) is 19.9 Å². The van der Waals surface area contributed by atoms with Gasteiger partial charge in [0.15, 0.2) is 5.82 Å². The molecule has 0 spiro atoms. The number of anilines is 1. The smallest absolute Gasteiger partial charge is 0.158 e. The van der Waals surface area contributed by atoms with Gasteiger partial charge in [0.1, 0.15) is 17.7 Å². The number of aromatic amines is 1. The van der Waals surface area contributed by atoms with Crippen LogP contribution in [-0.4, -0.2) is 39.4 Å². The quantitative estimate of drug-likeness (QED) is 0.888. The minimum atomic E-state index is 0.0691. The summed E-state index contributed by atoms with van der Waals surface area (Å²) in [4.78, 5) is 8.83. The Labute approximate surface area is 128 Å². The number of aryl methyl sites for hydroxylation is 2. The molecule has 0 amide bonds. The molecule has 1 fully saturated rings. The highest BCUT2D eigenvalue weighted by atomic mass is 16.5. The summed E-state index contributed by atoms with van der Waals surface area (Å²) < 4.78 is 5.59. The van der Waals surface area contributed by atoms with Crippen molar-refractivity contribution < 1.29 is 4.74 Å². The fourth-order valence-corrected chi connectivity index (χ4v) is 2.55. The van der Waals surface area contributed by atoms with Crippen LogP contribution in [0.2, 0.25) is 0 Å². The van der Waals surface area contributed by atoms with Gasteiger partial charge < -0.3 is 10.1 Å². The van der Waals surface area contributed by atoms with Gasteiger partial charge in [-0.05, 0) is 18.6 Å². The molecule has 0 saturated carbocycles. The molecule has 1 aliphatic heterocycles. The van der Waals surface area contributed by atoms with Crippen LogP contribution >= 0.6 is 0 Å². The average molecular weight is 298 g/mol. The van der Waals surface area contributed by atoms with Gasteiger partial charge in [-0.1, -0.05) is 6.92 Å². The molecule has 1 aliphatic rings. The first-order valence-corrected chi connectivity index (χ1v) is 7.33. The van der Waals surface area contributed by atoms with Gasteiger partial charge in [-0.15, -0.1) is 0 Å². The van der Waals surface area contributed by atoms with Crippen molar-refractivity contribution in [1.29, 1.82) is 5.26 Å². The molecule has 0 aliphatic carbocycles. The van der Waals surface area contributed by atoms with Crippen LogP contribution < -0.4 is 5.32 Å². The zero-order chi connectivity index (χ0) is 15.5. The number of aromatic nitrogens is 4.